The van der Waals surface area contributed by atoms with Crippen molar-refractivity contribution in [2.75, 3.05) is 25.5 Å². The third-order valence-electron chi connectivity index (χ3n) is 3.25. The first-order chi connectivity index (χ1) is 7.88. The molecular weight excluding hydrogens is 220 g/mol. The number of nitrogens with zero attached hydrogens (tertiary/aromatic N) is 2. The average Bonchev–Trinajstić information content (AvgIpc) is 2.78. The highest BCUT2D eigenvalue weighted by Gasteiger charge is 2.20. The topological polar surface area (TPSA) is 16.1 Å². The molecule has 0 radical (unpaired) electrons. The molecule has 1 aromatic heterocycles. The van der Waals surface area contributed by atoms with Crippen LogP contribution in [0.4, 0.5) is 0 Å². The van der Waals surface area contributed by atoms with Crippen LogP contribution in [0.15, 0.2) is 24.5 Å². The third kappa shape index (κ3) is 3.46. The number of halogens is 1. The van der Waals surface area contributed by atoms with Gasteiger partial charge in [-0.25, -0.2) is 0 Å². The van der Waals surface area contributed by atoms with Gasteiger partial charge in [-0.2, -0.15) is 0 Å². The fraction of sp³-hybridized carbons (Fsp3) is 0.615. The number of likely N-dealkylation sites (tertiary alicyclic amines) is 1. The molecule has 1 unspecified atom stereocenters. The molecule has 1 aliphatic rings. The maximum absolute atomic E-state index is 5.87. The molecular formula is C13H19ClN2. The van der Waals surface area contributed by atoms with Crippen LogP contribution in [0, 0.1) is 5.92 Å². The summed E-state index contributed by atoms with van der Waals surface area (Å²) in [4.78, 5) is 6.66. The van der Waals surface area contributed by atoms with Crippen molar-refractivity contribution in [3.05, 3.63) is 30.1 Å². The zero-order valence-corrected chi connectivity index (χ0v) is 10.4. The van der Waals surface area contributed by atoms with Gasteiger partial charge in [0, 0.05) is 24.8 Å². The van der Waals surface area contributed by atoms with Crippen molar-refractivity contribution in [3.8, 4) is 0 Å². The minimum absolute atomic E-state index is 0.722. The Morgan fingerprint density at radius 3 is 3.12 bits per heavy atom. The second-order valence-electron chi connectivity index (χ2n) is 4.57. The van der Waals surface area contributed by atoms with Crippen LogP contribution in [0.2, 0.25) is 0 Å². The van der Waals surface area contributed by atoms with Crippen LogP contribution in [0.25, 0.3) is 0 Å². The number of alkyl halides is 1. The molecule has 1 aliphatic heterocycles. The standard InChI is InChI=1S/C13H19ClN2/c14-9-13-5-8-16(11-13)7-2-4-12-3-1-6-15-10-12/h1,3,6,10,13H,2,4-5,7-9,11H2. The van der Waals surface area contributed by atoms with Crippen molar-refractivity contribution >= 4 is 11.6 Å². The summed E-state index contributed by atoms with van der Waals surface area (Å²) in [6, 6.07) is 4.16. The van der Waals surface area contributed by atoms with E-state index in [-0.39, 0.29) is 0 Å². The number of hydrogen-bond donors (Lipinski definition) is 0. The van der Waals surface area contributed by atoms with Gasteiger partial charge in [-0.3, -0.25) is 4.98 Å². The minimum atomic E-state index is 0.722. The summed E-state index contributed by atoms with van der Waals surface area (Å²) in [7, 11) is 0. The molecule has 2 nitrogen and oxygen atoms in total. The molecule has 0 amide bonds. The highest BCUT2D eigenvalue weighted by atomic mass is 35.5. The van der Waals surface area contributed by atoms with Gasteiger partial charge in [0.05, 0.1) is 0 Å². The SMILES string of the molecule is ClCC1CCN(CCCc2cccnc2)C1. The molecule has 0 spiro atoms. The Morgan fingerprint density at radius 1 is 1.50 bits per heavy atom. The number of pyridine rings is 1. The lowest BCUT2D eigenvalue weighted by atomic mass is 10.1. The van der Waals surface area contributed by atoms with Crippen LogP contribution < -0.4 is 0 Å². The predicted molar refractivity (Wildman–Crippen MR) is 67.8 cm³/mol. The molecule has 1 atom stereocenters. The van der Waals surface area contributed by atoms with Crippen molar-refractivity contribution in [1.29, 1.82) is 0 Å². The minimum Gasteiger partial charge on any atom is -0.303 e. The van der Waals surface area contributed by atoms with Gasteiger partial charge in [0.25, 0.3) is 0 Å². The lowest BCUT2D eigenvalue weighted by Gasteiger charge is -2.14. The van der Waals surface area contributed by atoms with E-state index in [0.717, 1.165) is 18.2 Å². The maximum Gasteiger partial charge on any atom is 0.0299 e. The maximum atomic E-state index is 5.87. The summed E-state index contributed by atoms with van der Waals surface area (Å²) >= 11 is 5.87. The Labute approximate surface area is 103 Å². The molecule has 2 heterocycles. The number of aryl methyl sites for hydroxylation is 1. The molecule has 0 aromatic carbocycles. The van der Waals surface area contributed by atoms with Gasteiger partial charge in [-0.15, -0.1) is 11.6 Å². The van der Waals surface area contributed by atoms with Crippen LogP contribution >= 0.6 is 11.6 Å². The van der Waals surface area contributed by atoms with E-state index in [1.807, 2.05) is 18.5 Å². The Kier molecular flexibility index (Phi) is 4.61. The Hall–Kier alpha value is -0.600. The Bertz CT molecular complexity index is 302. The Morgan fingerprint density at radius 2 is 2.44 bits per heavy atom. The first-order valence-corrected chi connectivity index (χ1v) is 6.59. The second-order valence-corrected chi connectivity index (χ2v) is 4.88. The normalized spacial score (nSPS) is 21.4. The fourth-order valence-corrected chi connectivity index (χ4v) is 2.55. The zero-order chi connectivity index (χ0) is 11.2. The first kappa shape index (κ1) is 11.9. The number of aromatic nitrogens is 1. The van der Waals surface area contributed by atoms with Gasteiger partial charge in [-0.05, 0) is 49.9 Å². The molecule has 2 rings (SSSR count). The summed E-state index contributed by atoms with van der Waals surface area (Å²) in [6.07, 6.45) is 7.42. The lowest BCUT2D eigenvalue weighted by molar-refractivity contribution is 0.324. The van der Waals surface area contributed by atoms with Crippen LogP contribution in [-0.4, -0.2) is 35.4 Å². The van der Waals surface area contributed by atoms with E-state index in [1.165, 1.54) is 38.0 Å². The lowest BCUT2D eigenvalue weighted by Crippen LogP contribution is -2.22. The van der Waals surface area contributed by atoms with E-state index in [1.54, 1.807) is 0 Å². The summed E-state index contributed by atoms with van der Waals surface area (Å²) in [5.41, 5.74) is 1.34. The van der Waals surface area contributed by atoms with Gasteiger partial charge in [0.1, 0.15) is 0 Å². The summed E-state index contributed by atoms with van der Waals surface area (Å²) < 4.78 is 0. The second kappa shape index (κ2) is 6.21. The van der Waals surface area contributed by atoms with E-state index in [9.17, 15) is 0 Å². The molecule has 16 heavy (non-hydrogen) atoms. The molecule has 0 saturated carbocycles. The van der Waals surface area contributed by atoms with Crippen molar-refractivity contribution < 1.29 is 0 Å². The zero-order valence-electron chi connectivity index (χ0n) is 9.61. The predicted octanol–water partition coefficient (Wildman–Crippen LogP) is 2.57. The number of hydrogen-bond acceptors (Lipinski definition) is 2. The highest BCUT2D eigenvalue weighted by Crippen LogP contribution is 2.17. The summed E-state index contributed by atoms with van der Waals surface area (Å²) in [5, 5.41) is 0. The van der Waals surface area contributed by atoms with Crippen LogP contribution in [0.5, 0.6) is 0 Å². The van der Waals surface area contributed by atoms with Gasteiger partial charge < -0.3 is 4.90 Å². The quantitative estimate of drug-likeness (QED) is 0.733. The van der Waals surface area contributed by atoms with Gasteiger partial charge in [0.2, 0.25) is 0 Å². The average molecular weight is 239 g/mol. The van der Waals surface area contributed by atoms with Gasteiger partial charge >= 0.3 is 0 Å². The fourth-order valence-electron chi connectivity index (χ4n) is 2.29. The molecule has 3 heteroatoms. The van der Waals surface area contributed by atoms with Gasteiger partial charge in [-0.1, -0.05) is 6.07 Å². The largest absolute Gasteiger partial charge is 0.303 e. The van der Waals surface area contributed by atoms with E-state index in [0.29, 0.717) is 0 Å². The number of rotatable bonds is 5. The molecule has 0 bridgehead atoms. The molecule has 0 aliphatic carbocycles. The molecule has 1 aromatic rings. The van der Waals surface area contributed by atoms with E-state index in [4.69, 9.17) is 11.6 Å². The van der Waals surface area contributed by atoms with E-state index >= 15 is 0 Å². The summed E-state index contributed by atoms with van der Waals surface area (Å²) in [5.74, 6) is 1.54. The van der Waals surface area contributed by atoms with Crippen molar-refractivity contribution in [2.24, 2.45) is 5.92 Å². The van der Waals surface area contributed by atoms with Crippen LogP contribution in [0.1, 0.15) is 18.4 Å². The van der Waals surface area contributed by atoms with E-state index in [2.05, 4.69) is 16.0 Å². The van der Waals surface area contributed by atoms with Gasteiger partial charge in [0.15, 0.2) is 0 Å². The Balaban J connectivity index is 1.65. The summed E-state index contributed by atoms with van der Waals surface area (Å²) in [6.45, 7) is 3.61. The van der Waals surface area contributed by atoms with Crippen molar-refractivity contribution in [1.82, 2.24) is 9.88 Å². The molecule has 0 N–H and O–H groups in total. The van der Waals surface area contributed by atoms with Crippen molar-refractivity contribution in [3.63, 3.8) is 0 Å². The van der Waals surface area contributed by atoms with E-state index < -0.39 is 0 Å². The monoisotopic (exact) mass is 238 g/mol. The third-order valence-corrected chi connectivity index (χ3v) is 3.69. The first-order valence-electron chi connectivity index (χ1n) is 6.05. The van der Waals surface area contributed by atoms with Crippen LogP contribution in [0.3, 0.4) is 0 Å². The smallest absolute Gasteiger partial charge is 0.0299 e. The molecule has 1 saturated heterocycles. The molecule has 88 valence electrons. The van der Waals surface area contributed by atoms with Crippen LogP contribution in [-0.2, 0) is 6.42 Å². The van der Waals surface area contributed by atoms with Crippen molar-refractivity contribution in [2.45, 2.75) is 19.3 Å². The highest BCUT2D eigenvalue weighted by molar-refractivity contribution is 6.18. The molecule has 1 fully saturated rings.